The highest BCUT2D eigenvalue weighted by Gasteiger charge is 2.28. The third-order valence-electron chi connectivity index (χ3n) is 5.87. The second-order valence-corrected chi connectivity index (χ2v) is 10.7. The van der Waals surface area contributed by atoms with E-state index >= 15 is 0 Å². The Kier molecular flexibility index (Phi) is 8.20. The summed E-state index contributed by atoms with van der Waals surface area (Å²) >= 11 is 1.30. The maximum atomic E-state index is 13.0. The number of aryl methyl sites for hydroxylation is 2. The lowest BCUT2D eigenvalue weighted by Crippen LogP contribution is -2.26. The summed E-state index contributed by atoms with van der Waals surface area (Å²) in [5.74, 6) is -0.358. The lowest BCUT2D eigenvalue weighted by molar-refractivity contribution is -0.138. The van der Waals surface area contributed by atoms with Crippen LogP contribution in [-0.2, 0) is 11.3 Å². The van der Waals surface area contributed by atoms with Crippen LogP contribution in [-0.4, -0.2) is 31.3 Å². The number of carbonyl (C=O) groups is 2. The number of benzene rings is 2. The van der Waals surface area contributed by atoms with E-state index in [-0.39, 0.29) is 5.91 Å². The Morgan fingerprint density at radius 1 is 1.09 bits per heavy atom. The Morgan fingerprint density at radius 2 is 1.79 bits per heavy atom. The van der Waals surface area contributed by atoms with Gasteiger partial charge in [0.15, 0.2) is 0 Å². The van der Waals surface area contributed by atoms with Crippen molar-refractivity contribution >= 4 is 29.3 Å². The van der Waals surface area contributed by atoms with E-state index < -0.39 is 10.7 Å². The quantitative estimate of drug-likeness (QED) is 0.254. The van der Waals surface area contributed by atoms with Crippen molar-refractivity contribution in [3.8, 4) is 11.4 Å². The molecule has 1 aromatic heterocycles. The number of rotatable bonds is 10. The molecule has 6 nitrogen and oxygen atoms in total. The van der Waals surface area contributed by atoms with Gasteiger partial charge in [-0.15, -0.1) is 11.8 Å². The molecule has 180 valence electrons. The molecule has 2 aromatic carbocycles. The first-order valence-corrected chi connectivity index (χ1v) is 12.4. The number of anilines is 1. The molecule has 0 unspecified atom stereocenters. The summed E-state index contributed by atoms with van der Waals surface area (Å²) in [6.07, 6.45) is 5.02. The molecule has 0 aliphatic rings. The molecule has 3 rings (SSSR count). The van der Waals surface area contributed by atoms with E-state index in [1.807, 2.05) is 67.1 Å². The molecule has 2 N–H and O–H groups in total. The van der Waals surface area contributed by atoms with Gasteiger partial charge in [-0.2, -0.15) is 0 Å². The van der Waals surface area contributed by atoms with E-state index in [9.17, 15) is 14.7 Å². The molecule has 0 bridgehead atoms. The van der Waals surface area contributed by atoms with Crippen LogP contribution in [0.3, 0.4) is 0 Å². The zero-order valence-electron chi connectivity index (χ0n) is 20.5. The van der Waals surface area contributed by atoms with Gasteiger partial charge in [0.25, 0.3) is 5.91 Å². The maximum absolute atomic E-state index is 13.0. The molecule has 1 amide bonds. The van der Waals surface area contributed by atoms with Crippen molar-refractivity contribution in [2.45, 2.75) is 70.1 Å². The third-order valence-corrected chi connectivity index (χ3v) is 7.06. The van der Waals surface area contributed by atoms with Crippen molar-refractivity contribution in [1.29, 1.82) is 0 Å². The molecule has 0 fully saturated rings. The Morgan fingerprint density at radius 3 is 2.44 bits per heavy atom. The van der Waals surface area contributed by atoms with E-state index in [0.29, 0.717) is 5.69 Å². The highest BCUT2D eigenvalue weighted by molar-refractivity contribution is 8.01. The van der Waals surface area contributed by atoms with Crippen LogP contribution in [0.15, 0.2) is 53.6 Å². The normalized spacial score (nSPS) is 11.4. The summed E-state index contributed by atoms with van der Waals surface area (Å²) in [6.45, 7) is 10.3. The molecular weight excluding hydrogens is 446 g/mol. The minimum atomic E-state index is -0.917. The molecule has 0 saturated carbocycles. The number of carbonyl (C=O) groups excluding carboxylic acids is 1. The Balaban J connectivity index is 1.88. The predicted octanol–water partition coefficient (Wildman–Crippen LogP) is 6.56. The zero-order valence-corrected chi connectivity index (χ0v) is 21.3. The fourth-order valence-corrected chi connectivity index (χ4v) is 4.49. The number of carboxylic acids is 1. The number of aromatic nitrogens is 2. The second-order valence-electron chi connectivity index (χ2n) is 8.99. The van der Waals surface area contributed by atoms with Crippen LogP contribution in [0.1, 0.15) is 61.6 Å². The molecule has 0 spiro atoms. The van der Waals surface area contributed by atoms with Gasteiger partial charge >= 0.3 is 5.97 Å². The topological polar surface area (TPSA) is 84.2 Å². The number of imidazole rings is 1. The Hall–Kier alpha value is -3.06. The van der Waals surface area contributed by atoms with Crippen LogP contribution < -0.4 is 5.32 Å². The molecule has 0 atom stereocenters. The fourth-order valence-electron chi connectivity index (χ4n) is 3.54. The van der Waals surface area contributed by atoms with Gasteiger partial charge in [0.05, 0.1) is 0 Å². The van der Waals surface area contributed by atoms with Crippen LogP contribution in [0.4, 0.5) is 5.69 Å². The SMILES string of the molecule is CCCCCn1cc(C(=O)Nc2cccc(C)c2C)nc1-c1ccc(SC(C)(C)C(=O)O)cc1. The molecule has 0 radical (unpaired) electrons. The smallest absolute Gasteiger partial charge is 0.319 e. The van der Waals surface area contributed by atoms with E-state index in [1.54, 1.807) is 13.8 Å². The van der Waals surface area contributed by atoms with Crippen molar-refractivity contribution in [1.82, 2.24) is 9.55 Å². The zero-order chi connectivity index (χ0) is 24.9. The van der Waals surface area contributed by atoms with Gasteiger partial charge in [0.2, 0.25) is 0 Å². The first-order chi connectivity index (χ1) is 16.1. The first kappa shape index (κ1) is 25.6. The number of unbranched alkanes of at least 4 members (excludes halogenated alkanes) is 2. The summed E-state index contributed by atoms with van der Waals surface area (Å²) in [5, 5.41) is 12.4. The van der Waals surface area contributed by atoms with Gasteiger partial charge in [0.1, 0.15) is 16.3 Å². The maximum Gasteiger partial charge on any atom is 0.319 e. The predicted molar refractivity (Wildman–Crippen MR) is 139 cm³/mol. The van der Waals surface area contributed by atoms with Crippen molar-refractivity contribution in [2.24, 2.45) is 0 Å². The van der Waals surface area contributed by atoms with E-state index in [4.69, 9.17) is 0 Å². The lowest BCUT2D eigenvalue weighted by Gasteiger charge is -2.18. The van der Waals surface area contributed by atoms with Gasteiger partial charge in [-0.3, -0.25) is 9.59 Å². The minimum Gasteiger partial charge on any atom is -0.480 e. The van der Waals surface area contributed by atoms with E-state index in [2.05, 4.69) is 17.2 Å². The van der Waals surface area contributed by atoms with Crippen molar-refractivity contribution in [3.05, 3.63) is 65.5 Å². The summed E-state index contributed by atoms with van der Waals surface area (Å²) in [7, 11) is 0. The largest absolute Gasteiger partial charge is 0.480 e. The van der Waals surface area contributed by atoms with Gasteiger partial charge in [-0.1, -0.05) is 44.0 Å². The van der Waals surface area contributed by atoms with Crippen LogP contribution in [0.2, 0.25) is 0 Å². The summed E-state index contributed by atoms with van der Waals surface area (Å²) < 4.78 is 1.12. The molecule has 0 saturated heterocycles. The number of nitrogens with zero attached hydrogens (tertiary/aromatic N) is 2. The van der Waals surface area contributed by atoms with Crippen LogP contribution >= 0.6 is 11.8 Å². The van der Waals surface area contributed by atoms with Gasteiger partial charge < -0.3 is 15.0 Å². The Labute approximate surface area is 205 Å². The number of nitrogens with one attached hydrogen (secondary N) is 1. The van der Waals surface area contributed by atoms with Crippen LogP contribution in [0.5, 0.6) is 0 Å². The second kappa shape index (κ2) is 10.9. The molecule has 0 aliphatic heterocycles. The van der Waals surface area contributed by atoms with Gasteiger partial charge in [0, 0.05) is 28.9 Å². The molecule has 7 heteroatoms. The minimum absolute atomic E-state index is 0.237. The van der Waals surface area contributed by atoms with Crippen molar-refractivity contribution in [2.75, 3.05) is 5.32 Å². The average Bonchev–Trinajstić information content (AvgIpc) is 3.21. The third kappa shape index (κ3) is 6.08. The van der Waals surface area contributed by atoms with E-state index in [1.165, 1.54) is 11.8 Å². The summed E-state index contributed by atoms with van der Waals surface area (Å²) in [6, 6.07) is 13.5. The number of aliphatic carboxylic acids is 1. The molecule has 34 heavy (non-hydrogen) atoms. The monoisotopic (exact) mass is 479 g/mol. The van der Waals surface area contributed by atoms with Crippen LogP contribution in [0.25, 0.3) is 11.4 Å². The standard InChI is InChI=1S/C27H33N3O3S/c1-6-7-8-16-30-17-23(25(31)29-22-11-9-10-18(2)19(22)3)28-24(30)20-12-14-21(15-13-20)34-27(4,5)26(32)33/h9-15,17H,6-8,16H2,1-5H3,(H,29,31)(H,32,33). The fraction of sp³-hybridized carbons (Fsp3) is 0.370. The molecular formula is C27H33N3O3S. The number of thioether (sulfide) groups is 1. The van der Waals surface area contributed by atoms with Crippen LogP contribution in [0, 0.1) is 13.8 Å². The van der Waals surface area contributed by atoms with Gasteiger partial charge in [-0.05, 0) is 63.4 Å². The number of hydrogen-bond donors (Lipinski definition) is 2. The number of carboxylic acid groups (broad SMARTS) is 1. The molecule has 0 aliphatic carbocycles. The molecule has 1 heterocycles. The van der Waals surface area contributed by atoms with Crippen molar-refractivity contribution in [3.63, 3.8) is 0 Å². The first-order valence-electron chi connectivity index (χ1n) is 11.6. The van der Waals surface area contributed by atoms with Crippen molar-refractivity contribution < 1.29 is 14.7 Å². The van der Waals surface area contributed by atoms with E-state index in [0.717, 1.165) is 58.9 Å². The summed E-state index contributed by atoms with van der Waals surface area (Å²) in [4.78, 5) is 30.0. The highest BCUT2D eigenvalue weighted by atomic mass is 32.2. The summed E-state index contributed by atoms with van der Waals surface area (Å²) in [5.41, 5.74) is 4.20. The highest BCUT2D eigenvalue weighted by Crippen LogP contribution is 2.34. The van der Waals surface area contributed by atoms with Gasteiger partial charge in [-0.25, -0.2) is 4.98 Å². The Bertz CT molecular complexity index is 1170. The molecule has 3 aromatic rings. The lowest BCUT2D eigenvalue weighted by atomic mass is 10.1. The average molecular weight is 480 g/mol. The number of amides is 1. The number of hydrogen-bond acceptors (Lipinski definition) is 4.